The predicted molar refractivity (Wildman–Crippen MR) is 296 cm³/mol. The van der Waals surface area contributed by atoms with Crippen molar-refractivity contribution >= 4 is 257 Å². The third-order valence-corrected chi connectivity index (χ3v) is 18.7. The number of fused-ring (bicyclic) bond motifs is 4. The van der Waals surface area contributed by atoms with E-state index in [2.05, 4.69) is 0 Å². The Labute approximate surface area is 564 Å². The van der Waals surface area contributed by atoms with Crippen LogP contribution in [0.4, 0.5) is 0 Å². The fraction of sp³-hybridized carbons (Fsp3) is 0.182. The summed E-state index contributed by atoms with van der Waals surface area (Å²) in [5.74, 6) is -12.3. The average Bonchev–Trinajstić information content (AvgIpc) is 4.02. The zero-order valence-corrected chi connectivity index (χ0v) is 54.9. The van der Waals surface area contributed by atoms with E-state index < -0.39 is 95.3 Å². The molecule has 4 aromatic rings. The van der Waals surface area contributed by atoms with E-state index in [1.807, 2.05) is 0 Å². The van der Waals surface area contributed by atoms with Gasteiger partial charge in [0.05, 0.1) is 125 Å². The minimum absolute atomic E-state index is 0. The summed E-state index contributed by atoms with van der Waals surface area (Å²) in [6.45, 7) is 4.76. The molecular formula is C44H20Cl16N4O16Rh2. The topological polar surface area (TPSA) is 299 Å². The smallest absolute Gasteiger partial charge is 0.326 e. The van der Waals surface area contributed by atoms with Crippen molar-refractivity contribution in [1.82, 2.24) is 19.6 Å². The second-order valence-corrected chi connectivity index (χ2v) is 22.0. The van der Waals surface area contributed by atoms with Crippen molar-refractivity contribution in [3.8, 4) is 0 Å². The number of imide groups is 4. The van der Waals surface area contributed by atoms with Crippen LogP contribution in [0.25, 0.3) is 0 Å². The largest absolute Gasteiger partial charge is 0.480 e. The Balaban J connectivity index is 0.000000285. The van der Waals surface area contributed by atoms with Gasteiger partial charge in [0.1, 0.15) is 24.2 Å². The number of nitrogens with zero attached hydrogens (tertiary/aromatic N) is 4. The first-order chi connectivity index (χ1) is 36.8. The van der Waals surface area contributed by atoms with Gasteiger partial charge in [-0.3, -0.25) is 58.0 Å². The Morgan fingerprint density at radius 1 is 0.244 bits per heavy atom. The van der Waals surface area contributed by atoms with Gasteiger partial charge in [-0.15, -0.1) is 0 Å². The summed E-state index contributed by atoms with van der Waals surface area (Å²) in [6.07, 6.45) is 0. The van der Waals surface area contributed by atoms with E-state index in [4.69, 9.17) is 206 Å². The Hall–Kier alpha value is -2.79. The van der Waals surface area contributed by atoms with Gasteiger partial charge in [-0.25, -0.2) is 19.2 Å². The van der Waals surface area contributed by atoms with Crippen LogP contribution in [0.15, 0.2) is 0 Å². The van der Waals surface area contributed by atoms with Crippen molar-refractivity contribution in [1.29, 1.82) is 0 Å². The van der Waals surface area contributed by atoms with Crippen LogP contribution in [-0.2, 0) is 58.1 Å². The number of benzene rings is 4. The second kappa shape index (κ2) is 27.9. The first kappa shape index (κ1) is 73.5. The summed E-state index contributed by atoms with van der Waals surface area (Å²) >= 11 is 93.8. The number of halogens is 16. The minimum Gasteiger partial charge on any atom is -0.480 e. The number of carbonyl (C=O) groups is 12. The van der Waals surface area contributed by atoms with Crippen LogP contribution in [0.5, 0.6) is 0 Å². The number of aliphatic carboxylic acids is 4. The number of carbonyl (C=O) groups excluding carboxylic acids is 8. The van der Waals surface area contributed by atoms with Crippen LogP contribution >= 0.6 is 186 Å². The molecule has 4 aromatic carbocycles. The monoisotopic (exact) mass is 1630 g/mol. The van der Waals surface area contributed by atoms with Crippen molar-refractivity contribution in [3.05, 3.63) is 125 Å². The fourth-order valence-corrected chi connectivity index (χ4v) is 11.4. The number of carboxylic acids is 4. The van der Waals surface area contributed by atoms with Crippen molar-refractivity contribution < 1.29 is 117 Å². The molecule has 82 heavy (non-hydrogen) atoms. The van der Waals surface area contributed by atoms with Gasteiger partial charge < -0.3 is 20.4 Å². The molecule has 8 rings (SSSR count). The Morgan fingerprint density at radius 3 is 0.402 bits per heavy atom. The van der Waals surface area contributed by atoms with Gasteiger partial charge in [-0.1, -0.05) is 186 Å². The molecule has 20 nitrogen and oxygen atoms in total. The molecule has 38 heteroatoms. The SMILES string of the molecule is CC(C(=O)O)N1C(=O)c2c(Cl)c(Cl)c(Cl)c(Cl)c2C1=O.CC(C(=O)O)N1C(=O)c2c(Cl)c(Cl)c(Cl)c(Cl)c2C1=O.C[C@@H](C(=O)O)N1C(=O)c2c(Cl)c(Cl)c(Cl)c(Cl)c2C1=O.C[C@@H](C(=O)O)N1C(=O)c2c(Cl)c(Cl)c(Cl)c(Cl)c2C1=O.[Rh].[Rh]. The number of carboxylic acid groups (broad SMARTS) is 4. The molecule has 0 saturated carbocycles. The third-order valence-electron chi connectivity index (χ3n) is 11.5. The van der Waals surface area contributed by atoms with Crippen LogP contribution in [0, 0.1) is 0 Å². The molecule has 4 atom stereocenters. The van der Waals surface area contributed by atoms with Crippen LogP contribution in [0.1, 0.15) is 111 Å². The number of hydrogen-bond donors (Lipinski definition) is 4. The molecule has 4 heterocycles. The summed E-state index contributed by atoms with van der Waals surface area (Å²) in [7, 11) is 0. The van der Waals surface area contributed by atoms with Crippen molar-refractivity contribution in [2.45, 2.75) is 51.9 Å². The molecule has 2 unspecified atom stereocenters. The normalized spacial score (nSPS) is 15.2. The van der Waals surface area contributed by atoms with Gasteiger partial charge >= 0.3 is 23.9 Å². The van der Waals surface area contributed by atoms with Crippen LogP contribution in [0.2, 0.25) is 80.4 Å². The molecule has 4 aliphatic heterocycles. The molecule has 0 saturated heterocycles. The van der Waals surface area contributed by atoms with E-state index in [0.29, 0.717) is 19.6 Å². The van der Waals surface area contributed by atoms with Crippen molar-refractivity contribution in [2.75, 3.05) is 0 Å². The van der Waals surface area contributed by atoms with Crippen LogP contribution < -0.4 is 0 Å². The van der Waals surface area contributed by atoms with Gasteiger partial charge in [0.2, 0.25) is 0 Å². The molecule has 4 aliphatic rings. The first-order valence-corrected chi connectivity index (χ1v) is 26.7. The third kappa shape index (κ3) is 12.5. The zero-order valence-electron chi connectivity index (χ0n) is 39.5. The predicted octanol–water partition coefficient (Wildman–Crippen LogP) is 13.5. The molecule has 4 N–H and O–H groups in total. The molecule has 8 amide bonds. The van der Waals surface area contributed by atoms with E-state index in [9.17, 15) is 57.5 Å². The standard InChI is InChI=1S/4C11H5Cl4NO4.2Rh/c4*1-2(11(19)20)16-9(17)3-4(10(16)18)6(13)8(15)7(14)5(3)12;;/h4*2H,1H3,(H,19,20);;/t2*2-;;;;/m00..../s1. The molecule has 0 bridgehead atoms. The fourth-order valence-electron chi connectivity index (χ4n) is 7.31. The molecule has 2 radical (unpaired) electrons. The molecule has 442 valence electrons. The molecule has 0 fully saturated rings. The molecule has 0 aromatic heterocycles. The minimum atomic E-state index is -1.37. The maximum atomic E-state index is 12.2. The van der Waals surface area contributed by atoms with Gasteiger partial charge in [0.25, 0.3) is 47.3 Å². The summed E-state index contributed by atoms with van der Waals surface area (Å²) < 4.78 is 0. The summed E-state index contributed by atoms with van der Waals surface area (Å²) in [4.78, 5) is 144. The molecular weight excluding hydrogens is 1610 g/mol. The maximum absolute atomic E-state index is 12.2. The van der Waals surface area contributed by atoms with Gasteiger partial charge in [0.15, 0.2) is 0 Å². The zero-order chi connectivity index (χ0) is 61.4. The summed E-state index contributed by atoms with van der Waals surface area (Å²) in [6, 6.07) is -5.47. The average molecular weight is 1630 g/mol. The first-order valence-electron chi connectivity index (χ1n) is 20.7. The second-order valence-electron chi connectivity index (χ2n) is 16.0. The summed E-state index contributed by atoms with van der Waals surface area (Å²) in [5, 5.41) is 32.6. The summed E-state index contributed by atoms with van der Waals surface area (Å²) in [5.41, 5.74) is -1.86. The van der Waals surface area contributed by atoms with E-state index in [1.54, 1.807) is 0 Å². The van der Waals surface area contributed by atoms with E-state index in [0.717, 1.165) is 0 Å². The van der Waals surface area contributed by atoms with E-state index >= 15 is 0 Å². The van der Waals surface area contributed by atoms with E-state index in [1.165, 1.54) is 27.7 Å². The van der Waals surface area contributed by atoms with Gasteiger partial charge in [-0.05, 0) is 27.7 Å². The van der Waals surface area contributed by atoms with E-state index in [-0.39, 0.29) is 164 Å². The number of rotatable bonds is 8. The molecule has 0 spiro atoms. The number of hydrogen-bond acceptors (Lipinski definition) is 12. The Morgan fingerprint density at radius 2 is 0.329 bits per heavy atom. The van der Waals surface area contributed by atoms with Crippen molar-refractivity contribution in [2.24, 2.45) is 0 Å². The quantitative estimate of drug-likeness (QED) is 0.0551. The maximum Gasteiger partial charge on any atom is 0.326 e. The Bertz CT molecular complexity index is 2980. The van der Waals surface area contributed by atoms with Crippen molar-refractivity contribution in [3.63, 3.8) is 0 Å². The van der Waals surface area contributed by atoms with Crippen LogP contribution in [0.3, 0.4) is 0 Å². The van der Waals surface area contributed by atoms with Gasteiger partial charge in [-0.2, -0.15) is 0 Å². The number of amides is 8. The molecule has 0 aliphatic carbocycles. The Kier molecular flexibility index (Phi) is 25.0. The van der Waals surface area contributed by atoms with Crippen LogP contribution in [-0.4, -0.2) is 135 Å². The van der Waals surface area contributed by atoms with Gasteiger partial charge in [0, 0.05) is 39.0 Å².